The SMILES string of the molecule is C/C(=N/NC(=O)C(N)=O)c1c(Cl)ccc(F)c1Cl. The summed E-state index contributed by atoms with van der Waals surface area (Å²) < 4.78 is 13.2. The Morgan fingerprint density at radius 2 is 2.00 bits per heavy atom. The number of amides is 2. The molecule has 0 aliphatic carbocycles. The molecule has 3 N–H and O–H groups in total. The minimum absolute atomic E-state index is 0.128. The van der Waals surface area contributed by atoms with Gasteiger partial charge < -0.3 is 5.73 Å². The summed E-state index contributed by atoms with van der Waals surface area (Å²) in [4.78, 5) is 21.3. The van der Waals surface area contributed by atoms with Gasteiger partial charge in [-0.25, -0.2) is 9.82 Å². The van der Waals surface area contributed by atoms with Crippen LogP contribution in [0.25, 0.3) is 0 Å². The van der Waals surface area contributed by atoms with E-state index in [0.29, 0.717) is 0 Å². The summed E-state index contributed by atoms with van der Waals surface area (Å²) in [7, 11) is 0. The lowest BCUT2D eigenvalue weighted by molar-refractivity contribution is -0.137. The van der Waals surface area contributed by atoms with E-state index in [1.165, 1.54) is 13.0 Å². The summed E-state index contributed by atoms with van der Waals surface area (Å²) in [6.45, 7) is 1.44. The number of hydrogen-bond acceptors (Lipinski definition) is 3. The summed E-state index contributed by atoms with van der Waals surface area (Å²) >= 11 is 11.6. The molecule has 0 saturated carbocycles. The maximum absolute atomic E-state index is 13.2. The van der Waals surface area contributed by atoms with E-state index >= 15 is 0 Å². The van der Waals surface area contributed by atoms with Gasteiger partial charge in [-0.15, -0.1) is 0 Å². The molecule has 18 heavy (non-hydrogen) atoms. The van der Waals surface area contributed by atoms with Crippen molar-refractivity contribution in [2.45, 2.75) is 6.92 Å². The molecule has 0 aliphatic rings. The second kappa shape index (κ2) is 5.79. The summed E-state index contributed by atoms with van der Waals surface area (Å²) in [5, 5.41) is 3.50. The van der Waals surface area contributed by atoms with Crippen molar-refractivity contribution in [1.82, 2.24) is 5.43 Å². The Balaban J connectivity index is 3.08. The molecular formula is C10H8Cl2FN3O2. The van der Waals surface area contributed by atoms with Gasteiger partial charge in [0.1, 0.15) is 5.82 Å². The van der Waals surface area contributed by atoms with Crippen LogP contribution < -0.4 is 11.2 Å². The quantitative estimate of drug-likeness (QED) is 0.374. The van der Waals surface area contributed by atoms with Gasteiger partial charge in [-0.05, 0) is 19.1 Å². The number of primary amides is 1. The summed E-state index contributed by atoms with van der Waals surface area (Å²) in [6.07, 6.45) is 0. The number of rotatable bonds is 2. The maximum Gasteiger partial charge on any atom is 0.329 e. The maximum atomic E-state index is 13.2. The molecule has 0 spiro atoms. The van der Waals surface area contributed by atoms with Crippen LogP contribution >= 0.6 is 23.2 Å². The van der Waals surface area contributed by atoms with Crippen molar-refractivity contribution >= 4 is 40.7 Å². The molecule has 0 bridgehead atoms. The van der Waals surface area contributed by atoms with Gasteiger partial charge in [-0.2, -0.15) is 5.10 Å². The predicted octanol–water partition coefficient (Wildman–Crippen LogP) is 1.46. The van der Waals surface area contributed by atoms with E-state index < -0.39 is 17.6 Å². The van der Waals surface area contributed by atoms with Gasteiger partial charge in [0.2, 0.25) is 0 Å². The number of hydrazone groups is 1. The Kier molecular flexibility index (Phi) is 4.63. The lowest BCUT2D eigenvalue weighted by Crippen LogP contribution is -2.33. The second-order valence-electron chi connectivity index (χ2n) is 3.22. The standard InChI is InChI=1S/C10H8Cl2FN3O2/c1-4(15-16-10(18)9(14)17)7-5(11)2-3-6(13)8(7)12/h2-3H,1H3,(H2,14,17)(H,16,18)/b15-4-. The third-order valence-corrected chi connectivity index (χ3v) is 2.64. The van der Waals surface area contributed by atoms with E-state index in [1.54, 1.807) is 0 Å². The van der Waals surface area contributed by atoms with Crippen LogP contribution in [0, 0.1) is 5.82 Å². The first-order valence-corrected chi connectivity index (χ1v) is 5.38. The van der Waals surface area contributed by atoms with E-state index in [9.17, 15) is 14.0 Å². The molecule has 0 heterocycles. The Labute approximate surface area is 112 Å². The molecule has 1 aromatic carbocycles. The number of nitrogens with two attached hydrogens (primary N) is 1. The van der Waals surface area contributed by atoms with Crippen LogP contribution in [-0.2, 0) is 9.59 Å². The van der Waals surface area contributed by atoms with Gasteiger partial charge in [0.05, 0.1) is 15.8 Å². The van der Waals surface area contributed by atoms with Crippen molar-refractivity contribution in [1.29, 1.82) is 0 Å². The third-order valence-electron chi connectivity index (χ3n) is 1.95. The van der Waals surface area contributed by atoms with Crippen LogP contribution in [0.5, 0.6) is 0 Å². The zero-order valence-electron chi connectivity index (χ0n) is 9.13. The molecule has 1 rings (SSSR count). The fourth-order valence-corrected chi connectivity index (χ4v) is 1.75. The molecule has 96 valence electrons. The van der Waals surface area contributed by atoms with Gasteiger partial charge in [0, 0.05) is 5.56 Å². The van der Waals surface area contributed by atoms with Crippen LogP contribution in [-0.4, -0.2) is 17.5 Å². The third kappa shape index (κ3) is 3.18. The molecule has 0 radical (unpaired) electrons. The van der Waals surface area contributed by atoms with Crippen LogP contribution in [0.1, 0.15) is 12.5 Å². The normalized spacial score (nSPS) is 11.2. The largest absolute Gasteiger partial charge is 0.361 e. The van der Waals surface area contributed by atoms with E-state index in [4.69, 9.17) is 28.9 Å². The van der Waals surface area contributed by atoms with Crippen molar-refractivity contribution in [3.8, 4) is 0 Å². The van der Waals surface area contributed by atoms with Crippen molar-refractivity contribution in [2.75, 3.05) is 0 Å². The predicted molar refractivity (Wildman–Crippen MR) is 66.0 cm³/mol. The molecule has 5 nitrogen and oxygen atoms in total. The molecular weight excluding hydrogens is 284 g/mol. The lowest BCUT2D eigenvalue weighted by atomic mass is 10.1. The second-order valence-corrected chi connectivity index (χ2v) is 4.01. The van der Waals surface area contributed by atoms with Crippen LogP contribution in [0.2, 0.25) is 10.0 Å². The number of nitrogens with one attached hydrogen (secondary N) is 1. The van der Waals surface area contributed by atoms with Gasteiger partial charge in [0.25, 0.3) is 0 Å². The number of benzene rings is 1. The first kappa shape index (κ1) is 14.4. The monoisotopic (exact) mass is 291 g/mol. The molecule has 8 heteroatoms. The van der Waals surface area contributed by atoms with Crippen LogP contribution in [0.15, 0.2) is 17.2 Å². The zero-order valence-corrected chi connectivity index (χ0v) is 10.6. The van der Waals surface area contributed by atoms with Crippen molar-refractivity contribution < 1.29 is 14.0 Å². The highest BCUT2D eigenvalue weighted by Crippen LogP contribution is 2.27. The smallest absolute Gasteiger partial charge is 0.329 e. The molecule has 0 unspecified atom stereocenters. The topological polar surface area (TPSA) is 84.6 Å². The Morgan fingerprint density at radius 1 is 1.39 bits per heavy atom. The first-order chi connectivity index (χ1) is 8.34. The fourth-order valence-electron chi connectivity index (χ4n) is 1.10. The minimum atomic E-state index is -1.19. The molecule has 1 aromatic rings. The van der Waals surface area contributed by atoms with Gasteiger partial charge in [0.15, 0.2) is 0 Å². The number of nitrogens with zero attached hydrogens (tertiary/aromatic N) is 1. The highest BCUT2D eigenvalue weighted by molar-refractivity contribution is 6.40. The number of halogens is 3. The zero-order chi connectivity index (χ0) is 13.9. The molecule has 0 saturated heterocycles. The van der Waals surface area contributed by atoms with Crippen molar-refractivity contribution in [3.05, 3.63) is 33.6 Å². The molecule has 0 aliphatic heterocycles. The molecule has 0 aromatic heterocycles. The Bertz CT molecular complexity index is 546. The minimum Gasteiger partial charge on any atom is -0.361 e. The number of carbonyl (C=O) groups excluding carboxylic acids is 2. The Morgan fingerprint density at radius 3 is 2.56 bits per heavy atom. The summed E-state index contributed by atoms with van der Waals surface area (Å²) in [5.74, 6) is -2.96. The number of carbonyl (C=O) groups is 2. The molecule has 2 amide bonds. The van der Waals surface area contributed by atoms with Gasteiger partial charge >= 0.3 is 11.8 Å². The van der Waals surface area contributed by atoms with E-state index in [-0.39, 0.29) is 21.3 Å². The summed E-state index contributed by atoms with van der Waals surface area (Å²) in [6, 6.07) is 2.40. The average molecular weight is 292 g/mol. The highest BCUT2D eigenvalue weighted by atomic mass is 35.5. The average Bonchev–Trinajstić information content (AvgIpc) is 2.31. The van der Waals surface area contributed by atoms with Gasteiger partial charge in [-0.3, -0.25) is 9.59 Å². The lowest BCUT2D eigenvalue weighted by Gasteiger charge is -2.07. The molecule has 0 atom stereocenters. The summed E-state index contributed by atoms with van der Waals surface area (Å²) in [5.41, 5.74) is 6.87. The number of hydrogen-bond donors (Lipinski definition) is 2. The van der Waals surface area contributed by atoms with E-state index in [1.807, 2.05) is 5.43 Å². The van der Waals surface area contributed by atoms with Crippen molar-refractivity contribution in [2.24, 2.45) is 10.8 Å². The highest BCUT2D eigenvalue weighted by Gasteiger charge is 2.14. The molecule has 0 fully saturated rings. The Hall–Kier alpha value is -1.66. The first-order valence-electron chi connectivity index (χ1n) is 4.62. The van der Waals surface area contributed by atoms with Crippen molar-refractivity contribution in [3.63, 3.8) is 0 Å². The fraction of sp³-hybridized carbons (Fsp3) is 0.100. The van der Waals surface area contributed by atoms with E-state index in [2.05, 4.69) is 5.10 Å². The van der Waals surface area contributed by atoms with Crippen LogP contribution in [0.4, 0.5) is 4.39 Å². The van der Waals surface area contributed by atoms with Crippen LogP contribution in [0.3, 0.4) is 0 Å². The van der Waals surface area contributed by atoms with E-state index in [0.717, 1.165) is 6.07 Å². The van der Waals surface area contributed by atoms with Gasteiger partial charge in [-0.1, -0.05) is 23.2 Å².